The fourth-order valence-electron chi connectivity index (χ4n) is 1.57. The van der Waals surface area contributed by atoms with Crippen LogP contribution in [0.1, 0.15) is 12.8 Å². The van der Waals surface area contributed by atoms with Gasteiger partial charge in [-0.15, -0.1) is 0 Å². The molecule has 1 heterocycles. The molecule has 0 aromatic heterocycles. The number of carbonyl (C=O) groups excluding carboxylic acids is 1. The van der Waals surface area contributed by atoms with Crippen LogP contribution in [-0.4, -0.2) is 18.2 Å². The molecule has 1 aliphatic heterocycles. The van der Waals surface area contributed by atoms with Crippen molar-refractivity contribution < 1.29 is 18.6 Å². The fourth-order valence-corrected chi connectivity index (χ4v) is 2.79. The number of hydrogen-bond donors (Lipinski definition) is 0. The molecular formula is C11H13O4P. The van der Waals surface area contributed by atoms with Gasteiger partial charge in [0.1, 0.15) is 5.75 Å². The second-order valence-corrected chi connectivity index (χ2v) is 5.30. The molecular weight excluding hydrogens is 227 g/mol. The van der Waals surface area contributed by atoms with Crippen LogP contribution in [-0.2, 0) is 14.1 Å². The van der Waals surface area contributed by atoms with Crippen LogP contribution < -0.4 is 4.52 Å². The number of rotatable bonds is 3. The van der Waals surface area contributed by atoms with Crippen molar-refractivity contribution in [2.75, 3.05) is 6.61 Å². The Morgan fingerprint density at radius 3 is 2.75 bits per heavy atom. The fraction of sp³-hybridized carbons (Fsp3) is 0.364. The van der Waals surface area contributed by atoms with Gasteiger partial charge in [-0.2, -0.15) is 0 Å². The lowest BCUT2D eigenvalue weighted by Crippen LogP contribution is -2.23. The van der Waals surface area contributed by atoms with Crippen molar-refractivity contribution in [1.29, 1.82) is 0 Å². The summed E-state index contributed by atoms with van der Waals surface area (Å²) in [6.45, 7) is 0.345. The third-order valence-corrected chi connectivity index (χ3v) is 4.03. The van der Waals surface area contributed by atoms with Crippen molar-refractivity contribution in [3.05, 3.63) is 30.3 Å². The zero-order chi connectivity index (χ0) is 11.4. The summed E-state index contributed by atoms with van der Waals surface area (Å²) >= 11 is 0. The van der Waals surface area contributed by atoms with Gasteiger partial charge in [-0.1, -0.05) is 18.2 Å². The highest BCUT2D eigenvalue weighted by Crippen LogP contribution is 2.37. The molecule has 2 unspecified atom stereocenters. The summed E-state index contributed by atoms with van der Waals surface area (Å²) in [6.07, 6.45) is 0.820. The second kappa shape index (κ2) is 5.17. The zero-order valence-corrected chi connectivity index (χ0v) is 9.72. The van der Waals surface area contributed by atoms with E-state index >= 15 is 0 Å². The molecule has 0 aliphatic carbocycles. The van der Waals surface area contributed by atoms with Crippen molar-refractivity contribution in [2.24, 2.45) is 0 Å². The zero-order valence-electron chi connectivity index (χ0n) is 8.72. The quantitative estimate of drug-likeness (QED) is 0.600. The molecule has 2 rings (SSSR count). The molecule has 2 atom stereocenters. The highest BCUT2D eigenvalue weighted by Gasteiger charge is 2.26. The monoisotopic (exact) mass is 240 g/mol. The Labute approximate surface area is 94.4 Å². The van der Waals surface area contributed by atoms with Crippen molar-refractivity contribution in [3.63, 3.8) is 0 Å². The van der Waals surface area contributed by atoms with E-state index in [-0.39, 0.29) is 18.0 Å². The number of para-hydroxylation sites is 1. The predicted octanol–water partition coefficient (Wildman–Crippen LogP) is 2.25. The van der Waals surface area contributed by atoms with E-state index in [1.165, 1.54) is 0 Å². The number of carbonyl (C=O) groups is 1. The van der Waals surface area contributed by atoms with E-state index in [0.717, 1.165) is 0 Å². The van der Waals surface area contributed by atoms with Gasteiger partial charge < -0.3 is 9.26 Å². The molecule has 16 heavy (non-hydrogen) atoms. The molecule has 0 spiro atoms. The van der Waals surface area contributed by atoms with Crippen molar-refractivity contribution >= 4 is 14.0 Å². The summed E-state index contributed by atoms with van der Waals surface area (Å²) in [6, 6.07) is 9.01. The van der Waals surface area contributed by atoms with E-state index in [9.17, 15) is 9.36 Å². The van der Waals surface area contributed by atoms with Gasteiger partial charge in [0, 0.05) is 0 Å². The molecule has 1 saturated heterocycles. The molecule has 1 fully saturated rings. The van der Waals surface area contributed by atoms with Crippen LogP contribution in [0.3, 0.4) is 0 Å². The summed E-state index contributed by atoms with van der Waals surface area (Å²) < 4.78 is 22.0. The lowest BCUT2D eigenvalue weighted by molar-refractivity contribution is -0.146. The molecule has 0 saturated carbocycles. The molecule has 0 N–H and O–H groups in total. The third-order valence-electron chi connectivity index (χ3n) is 2.44. The molecule has 0 amide bonds. The Bertz CT molecular complexity index is 390. The van der Waals surface area contributed by atoms with Crippen LogP contribution in [0.25, 0.3) is 0 Å². The molecule has 1 aromatic carbocycles. The van der Waals surface area contributed by atoms with Gasteiger partial charge in [0.05, 0.1) is 18.7 Å². The lowest BCUT2D eigenvalue weighted by Gasteiger charge is -2.20. The highest BCUT2D eigenvalue weighted by atomic mass is 31.1. The van der Waals surface area contributed by atoms with Gasteiger partial charge in [0.25, 0.3) is 0 Å². The summed E-state index contributed by atoms with van der Waals surface area (Å²) in [5, 5.41) is 0. The van der Waals surface area contributed by atoms with Gasteiger partial charge in [-0.05, 0) is 18.6 Å². The molecule has 5 heteroatoms. The van der Waals surface area contributed by atoms with Gasteiger partial charge in [0.2, 0.25) is 8.03 Å². The lowest BCUT2D eigenvalue weighted by atomic mass is 10.2. The minimum absolute atomic E-state index is 0.188. The normalized spacial score (nSPS) is 22.2. The summed E-state index contributed by atoms with van der Waals surface area (Å²) in [7, 11) is -2.23. The maximum atomic E-state index is 11.9. The topological polar surface area (TPSA) is 52.6 Å². The minimum atomic E-state index is -2.23. The first-order valence-electron chi connectivity index (χ1n) is 5.18. The standard InChI is InChI=1S/C11H13O4P/c12-11-8-10(6-7-14-11)16(13)15-9-4-2-1-3-5-9/h1-5,10,16H,6-8H2. The number of esters is 1. The van der Waals surface area contributed by atoms with Crippen LogP contribution in [0.4, 0.5) is 0 Å². The maximum absolute atomic E-state index is 11.9. The van der Waals surface area contributed by atoms with Gasteiger partial charge in [-0.25, -0.2) is 0 Å². The predicted molar refractivity (Wildman–Crippen MR) is 60.1 cm³/mol. The summed E-state index contributed by atoms with van der Waals surface area (Å²) in [5.74, 6) is 0.302. The Balaban J connectivity index is 1.95. The molecule has 0 bridgehead atoms. The van der Waals surface area contributed by atoms with Gasteiger partial charge in [0.15, 0.2) is 0 Å². The van der Waals surface area contributed by atoms with Crippen molar-refractivity contribution in [2.45, 2.75) is 18.5 Å². The second-order valence-electron chi connectivity index (χ2n) is 3.64. The molecule has 86 valence electrons. The Kier molecular flexibility index (Phi) is 3.62. The number of cyclic esters (lactones) is 1. The largest absolute Gasteiger partial charge is 0.466 e. The first-order valence-corrected chi connectivity index (χ1v) is 6.57. The van der Waals surface area contributed by atoms with E-state index < -0.39 is 8.03 Å². The average Bonchev–Trinajstić information content (AvgIpc) is 2.30. The van der Waals surface area contributed by atoms with Gasteiger partial charge in [-0.3, -0.25) is 9.36 Å². The highest BCUT2D eigenvalue weighted by molar-refractivity contribution is 7.40. The van der Waals surface area contributed by atoms with Crippen LogP contribution >= 0.6 is 8.03 Å². The third kappa shape index (κ3) is 2.86. The maximum Gasteiger partial charge on any atom is 0.306 e. The molecule has 4 nitrogen and oxygen atoms in total. The van der Waals surface area contributed by atoms with E-state index in [2.05, 4.69) is 0 Å². The number of hydrogen-bond acceptors (Lipinski definition) is 4. The van der Waals surface area contributed by atoms with Crippen LogP contribution in [0.5, 0.6) is 5.75 Å². The minimum Gasteiger partial charge on any atom is -0.466 e. The van der Waals surface area contributed by atoms with Crippen LogP contribution in [0, 0.1) is 0 Å². The van der Waals surface area contributed by atoms with E-state index in [0.29, 0.717) is 18.8 Å². The first kappa shape index (κ1) is 11.2. The van der Waals surface area contributed by atoms with Crippen molar-refractivity contribution in [1.82, 2.24) is 0 Å². The molecule has 0 radical (unpaired) electrons. The molecule has 1 aliphatic rings. The summed E-state index contributed by atoms with van der Waals surface area (Å²) in [4.78, 5) is 11.0. The number of ether oxygens (including phenoxy) is 1. The van der Waals surface area contributed by atoms with Crippen LogP contribution in [0.2, 0.25) is 0 Å². The first-order chi connectivity index (χ1) is 7.75. The van der Waals surface area contributed by atoms with Crippen molar-refractivity contribution in [3.8, 4) is 5.75 Å². The van der Waals surface area contributed by atoms with E-state index in [1.807, 2.05) is 18.2 Å². The van der Waals surface area contributed by atoms with Gasteiger partial charge >= 0.3 is 5.97 Å². The SMILES string of the molecule is O=C1CC([PH](=O)Oc2ccccc2)CCO1. The Morgan fingerprint density at radius 2 is 2.06 bits per heavy atom. The van der Waals surface area contributed by atoms with E-state index in [1.54, 1.807) is 12.1 Å². The molecule has 1 aromatic rings. The average molecular weight is 240 g/mol. The Morgan fingerprint density at radius 1 is 1.31 bits per heavy atom. The Hall–Kier alpha value is -1.28. The van der Waals surface area contributed by atoms with Crippen LogP contribution in [0.15, 0.2) is 30.3 Å². The smallest absolute Gasteiger partial charge is 0.306 e. The summed E-state index contributed by atoms with van der Waals surface area (Å²) in [5.41, 5.74) is -0.188. The van der Waals surface area contributed by atoms with E-state index in [4.69, 9.17) is 9.26 Å². The number of benzene rings is 1.